The van der Waals surface area contributed by atoms with Gasteiger partial charge in [0.1, 0.15) is 0 Å². The smallest absolute Gasteiger partial charge is 0.0101 e. The van der Waals surface area contributed by atoms with Crippen LogP contribution in [0.3, 0.4) is 0 Å². The van der Waals surface area contributed by atoms with Crippen molar-refractivity contribution in [2.24, 2.45) is 35.5 Å². The molecular weight excluding hydrogens is 230 g/mol. The lowest BCUT2D eigenvalue weighted by Gasteiger charge is -2.56. The fourth-order valence-corrected chi connectivity index (χ4v) is 6.14. The van der Waals surface area contributed by atoms with Crippen molar-refractivity contribution in [1.82, 2.24) is 5.32 Å². The van der Waals surface area contributed by atoms with Gasteiger partial charge in [0.25, 0.3) is 0 Å². The largest absolute Gasteiger partial charge is 0.314 e. The van der Waals surface area contributed by atoms with Crippen LogP contribution >= 0.6 is 0 Å². The van der Waals surface area contributed by atoms with Gasteiger partial charge in [-0.25, -0.2) is 0 Å². The second-order valence-electron chi connectivity index (χ2n) is 8.19. The highest BCUT2D eigenvalue weighted by molar-refractivity contribution is 5.01. The molecular formula is C18H31N. The van der Waals surface area contributed by atoms with Gasteiger partial charge in [-0.05, 0) is 87.0 Å². The first-order valence-corrected chi connectivity index (χ1v) is 9.06. The number of hydrogen-bond donors (Lipinski definition) is 1. The Kier molecular flexibility index (Phi) is 3.38. The molecule has 1 atom stereocenters. The first-order valence-electron chi connectivity index (χ1n) is 9.06. The Balaban J connectivity index is 1.45. The summed E-state index contributed by atoms with van der Waals surface area (Å²) in [6.07, 6.45) is 14.0. The second kappa shape index (κ2) is 5.06. The van der Waals surface area contributed by atoms with Crippen molar-refractivity contribution in [2.45, 2.75) is 70.8 Å². The van der Waals surface area contributed by atoms with Gasteiger partial charge in [0.15, 0.2) is 0 Å². The Morgan fingerprint density at radius 1 is 0.947 bits per heavy atom. The van der Waals surface area contributed by atoms with Crippen LogP contribution in [-0.4, -0.2) is 12.6 Å². The highest BCUT2D eigenvalue weighted by Gasteiger charge is 2.50. The minimum absolute atomic E-state index is 0.862. The van der Waals surface area contributed by atoms with Gasteiger partial charge in [0.05, 0.1) is 0 Å². The van der Waals surface area contributed by atoms with E-state index in [-0.39, 0.29) is 0 Å². The van der Waals surface area contributed by atoms with Crippen LogP contribution in [0.1, 0.15) is 64.7 Å². The maximum absolute atomic E-state index is 3.89. The Bertz CT molecular complexity index is 292. The molecule has 5 rings (SSSR count). The predicted molar refractivity (Wildman–Crippen MR) is 80.0 cm³/mol. The first-order chi connectivity index (χ1) is 9.33. The summed E-state index contributed by atoms with van der Waals surface area (Å²) in [6, 6.07) is 0.862. The standard InChI is InChI=1S/C18H31N/c1-2-19-17(6-5-12-3-4-12)18-15-8-13-7-14(10-15)11-16(18)9-13/h12-19H,2-11H2,1H3. The molecule has 1 nitrogen and oxygen atoms in total. The fraction of sp³-hybridized carbons (Fsp3) is 1.00. The summed E-state index contributed by atoms with van der Waals surface area (Å²) in [5, 5.41) is 3.89. The van der Waals surface area contributed by atoms with E-state index in [0.29, 0.717) is 0 Å². The molecule has 5 saturated carbocycles. The molecule has 0 saturated heterocycles. The molecule has 5 fully saturated rings. The van der Waals surface area contributed by atoms with Crippen LogP contribution in [0.2, 0.25) is 0 Å². The third-order valence-electron chi connectivity index (χ3n) is 6.81. The van der Waals surface area contributed by atoms with Crippen molar-refractivity contribution >= 4 is 0 Å². The average Bonchev–Trinajstić information content (AvgIpc) is 3.18. The molecule has 1 unspecified atom stereocenters. The molecule has 0 aromatic heterocycles. The summed E-state index contributed by atoms with van der Waals surface area (Å²) in [6.45, 7) is 3.48. The molecule has 4 bridgehead atoms. The van der Waals surface area contributed by atoms with E-state index in [9.17, 15) is 0 Å². The molecule has 108 valence electrons. The van der Waals surface area contributed by atoms with Gasteiger partial charge in [0, 0.05) is 6.04 Å². The summed E-state index contributed by atoms with van der Waals surface area (Å²) in [7, 11) is 0. The van der Waals surface area contributed by atoms with Crippen LogP contribution in [0, 0.1) is 35.5 Å². The van der Waals surface area contributed by atoms with E-state index >= 15 is 0 Å². The van der Waals surface area contributed by atoms with Crippen molar-refractivity contribution in [3.8, 4) is 0 Å². The normalized spacial score (nSPS) is 45.6. The zero-order valence-electron chi connectivity index (χ0n) is 12.6. The molecule has 1 N–H and O–H groups in total. The van der Waals surface area contributed by atoms with E-state index < -0.39 is 0 Å². The zero-order chi connectivity index (χ0) is 12.8. The Labute approximate surface area is 118 Å². The van der Waals surface area contributed by atoms with E-state index in [4.69, 9.17) is 0 Å². The summed E-state index contributed by atoms with van der Waals surface area (Å²) in [4.78, 5) is 0. The molecule has 0 radical (unpaired) electrons. The van der Waals surface area contributed by atoms with Crippen molar-refractivity contribution in [2.75, 3.05) is 6.54 Å². The maximum atomic E-state index is 3.89. The van der Waals surface area contributed by atoms with Crippen LogP contribution < -0.4 is 5.32 Å². The van der Waals surface area contributed by atoms with Gasteiger partial charge in [-0.3, -0.25) is 0 Å². The van der Waals surface area contributed by atoms with Gasteiger partial charge in [-0.1, -0.05) is 19.8 Å². The summed E-state index contributed by atoms with van der Waals surface area (Å²) >= 11 is 0. The molecule has 19 heavy (non-hydrogen) atoms. The molecule has 0 amide bonds. The summed E-state index contributed by atoms with van der Waals surface area (Å²) < 4.78 is 0. The lowest BCUT2D eigenvalue weighted by molar-refractivity contribution is -0.0530. The number of nitrogens with one attached hydrogen (secondary N) is 1. The topological polar surface area (TPSA) is 12.0 Å². The van der Waals surface area contributed by atoms with Gasteiger partial charge in [0.2, 0.25) is 0 Å². The summed E-state index contributed by atoms with van der Waals surface area (Å²) in [5.74, 6) is 6.61. The van der Waals surface area contributed by atoms with Crippen molar-refractivity contribution in [1.29, 1.82) is 0 Å². The maximum Gasteiger partial charge on any atom is 0.0101 e. The van der Waals surface area contributed by atoms with Crippen LogP contribution in [0.25, 0.3) is 0 Å². The molecule has 1 heteroatoms. The highest BCUT2D eigenvalue weighted by Crippen LogP contribution is 2.57. The lowest BCUT2D eigenvalue weighted by Crippen LogP contribution is -2.53. The zero-order valence-corrected chi connectivity index (χ0v) is 12.6. The van der Waals surface area contributed by atoms with Gasteiger partial charge >= 0.3 is 0 Å². The van der Waals surface area contributed by atoms with Gasteiger partial charge in [-0.2, -0.15) is 0 Å². The Morgan fingerprint density at radius 3 is 2.11 bits per heavy atom. The lowest BCUT2D eigenvalue weighted by atomic mass is 9.50. The van der Waals surface area contributed by atoms with E-state index in [0.717, 1.165) is 41.5 Å². The third kappa shape index (κ3) is 2.48. The van der Waals surface area contributed by atoms with Crippen molar-refractivity contribution < 1.29 is 0 Å². The molecule has 0 aromatic rings. The van der Waals surface area contributed by atoms with E-state index in [1.54, 1.807) is 32.1 Å². The van der Waals surface area contributed by atoms with E-state index in [1.807, 2.05) is 0 Å². The predicted octanol–water partition coefficient (Wildman–Crippen LogP) is 4.23. The molecule has 0 aromatic carbocycles. The number of hydrogen-bond acceptors (Lipinski definition) is 1. The van der Waals surface area contributed by atoms with Gasteiger partial charge < -0.3 is 5.32 Å². The van der Waals surface area contributed by atoms with E-state index in [1.165, 1.54) is 32.2 Å². The molecule has 5 aliphatic rings. The highest BCUT2D eigenvalue weighted by atomic mass is 14.9. The summed E-state index contributed by atoms with van der Waals surface area (Å²) in [5.41, 5.74) is 0. The van der Waals surface area contributed by atoms with Crippen LogP contribution in [-0.2, 0) is 0 Å². The quantitative estimate of drug-likeness (QED) is 0.754. The Morgan fingerprint density at radius 2 is 1.58 bits per heavy atom. The van der Waals surface area contributed by atoms with Crippen molar-refractivity contribution in [3.05, 3.63) is 0 Å². The van der Waals surface area contributed by atoms with Crippen LogP contribution in [0.5, 0.6) is 0 Å². The average molecular weight is 261 g/mol. The molecule has 0 aliphatic heterocycles. The Hall–Kier alpha value is -0.0400. The van der Waals surface area contributed by atoms with Crippen molar-refractivity contribution in [3.63, 3.8) is 0 Å². The third-order valence-corrected chi connectivity index (χ3v) is 6.81. The second-order valence-corrected chi connectivity index (χ2v) is 8.19. The van der Waals surface area contributed by atoms with Crippen LogP contribution in [0.15, 0.2) is 0 Å². The number of rotatable bonds is 6. The SMILES string of the molecule is CCNC(CCC1CC1)C1C2CC3CC(C2)CC1C3. The van der Waals surface area contributed by atoms with Crippen LogP contribution in [0.4, 0.5) is 0 Å². The molecule has 0 spiro atoms. The first kappa shape index (κ1) is 12.7. The molecule has 0 heterocycles. The minimum atomic E-state index is 0.862. The minimum Gasteiger partial charge on any atom is -0.314 e. The monoisotopic (exact) mass is 261 g/mol. The van der Waals surface area contributed by atoms with Gasteiger partial charge in [-0.15, -0.1) is 0 Å². The fourth-order valence-electron chi connectivity index (χ4n) is 6.14. The van der Waals surface area contributed by atoms with E-state index in [2.05, 4.69) is 12.2 Å². The molecule has 5 aliphatic carbocycles.